The van der Waals surface area contributed by atoms with Crippen LogP contribution in [0.3, 0.4) is 0 Å². The van der Waals surface area contributed by atoms with E-state index in [1.165, 1.54) is 0 Å². The summed E-state index contributed by atoms with van der Waals surface area (Å²) in [6, 6.07) is 0. The van der Waals surface area contributed by atoms with Gasteiger partial charge >= 0.3 is 0 Å². The molecule has 4 saturated heterocycles. The van der Waals surface area contributed by atoms with Crippen LogP contribution in [0.1, 0.15) is 96.3 Å². The first-order chi connectivity index (χ1) is 11.4. The van der Waals surface area contributed by atoms with E-state index in [0.29, 0.717) is 0 Å². The molecule has 0 radical (unpaired) electrons. The zero-order chi connectivity index (χ0) is 15.5. The summed E-state index contributed by atoms with van der Waals surface area (Å²) in [7, 11) is 0. The van der Waals surface area contributed by atoms with Crippen LogP contribution in [0.5, 0.6) is 0 Å². The number of fused-ring (bicyclic) bond motifs is 4. The van der Waals surface area contributed by atoms with Crippen molar-refractivity contribution in [1.29, 1.82) is 0 Å². The molecule has 0 N–H and O–H groups in total. The summed E-state index contributed by atoms with van der Waals surface area (Å²) in [6.07, 6.45) is 26.7. The van der Waals surface area contributed by atoms with Crippen molar-refractivity contribution in [1.82, 2.24) is 0 Å². The predicted molar refractivity (Wildman–Crippen MR) is 105 cm³/mol. The van der Waals surface area contributed by atoms with Crippen molar-refractivity contribution < 1.29 is 0 Å². The number of hydrogen-bond donors (Lipinski definition) is 0. The topological polar surface area (TPSA) is 0 Å². The highest BCUT2D eigenvalue weighted by atomic mass is 14.3. The third kappa shape index (κ3) is 3.87. The van der Waals surface area contributed by atoms with Gasteiger partial charge in [0.25, 0.3) is 0 Å². The molecule has 0 aromatic rings. The maximum absolute atomic E-state index is 1.59. The summed E-state index contributed by atoms with van der Waals surface area (Å²) >= 11 is 0. The number of hydrogen-bond acceptors (Lipinski definition) is 0. The minimum absolute atomic E-state index is 1.14. The van der Waals surface area contributed by atoms with Gasteiger partial charge in [-0.2, -0.15) is 0 Å². The van der Waals surface area contributed by atoms with E-state index in [0.717, 1.165) is 36.7 Å². The fourth-order valence-electron chi connectivity index (χ4n) is 7.51. The molecule has 4 aliphatic rings. The second kappa shape index (κ2) is 8.01. The second-order valence-corrected chi connectivity index (χ2v) is 9.73. The van der Waals surface area contributed by atoms with Gasteiger partial charge in [0.2, 0.25) is 0 Å². The fourth-order valence-corrected chi connectivity index (χ4v) is 7.51. The Kier molecular flexibility index (Phi) is 5.77. The SMILES string of the molecule is C(CCB1C2CCCC1CCC2)CCB1C2CCCC1CCC2. The van der Waals surface area contributed by atoms with Gasteiger partial charge < -0.3 is 0 Å². The lowest BCUT2D eigenvalue weighted by atomic mass is 9.25. The molecule has 0 aromatic carbocycles. The second-order valence-electron chi connectivity index (χ2n) is 9.73. The Hall–Kier alpha value is 0.130. The predicted octanol–water partition coefficient (Wildman–Crippen LogP) is 7.36. The number of unbranched alkanes of at least 4 members (excludes halogenated alkanes) is 2. The van der Waals surface area contributed by atoms with Crippen LogP contribution in [0.2, 0.25) is 35.9 Å². The average molecular weight is 312 g/mol. The van der Waals surface area contributed by atoms with Crippen LogP contribution in [-0.2, 0) is 0 Å². The van der Waals surface area contributed by atoms with Gasteiger partial charge in [0, 0.05) is 0 Å². The van der Waals surface area contributed by atoms with Gasteiger partial charge in [-0.15, -0.1) is 0 Å². The molecule has 0 saturated carbocycles. The van der Waals surface area contributed by atoms with Gasteiger partial charge in [-0.25, -0.2) is 0 Å². The molecule has 2 heteroatoms. The molecule has 0 amide bonds. The van der Waals surface area contributed by atoms with Crippen LogP contribution in [0.25, 0.3) is 0 Å². The fraction of sp³-hybridized carbons (Fsp3) is 1.00. The number of rotatable bonds is 6. The molecule has 4 fully saturated rings. The largest absolute Gasteiger partial charge is 0.146 e. The molecule has 4 heterocycles. The van der Waals surface area contributed by atoms with Crippen LogP contribution < -0.4 is 0 Å². The molecule has 0 unspecified atom stereocenters. The highest BCUT2D eigenvalue weighted by molar-refractivity contribution is 6.63. The average Bonchev–Trinajstić information content (AvgIpc) is 2.54. The molecule has 0 atom stereocenters. The normalized spacial score (nSPS) is 37.0. The van der Waals surface area contributed by atoms with Crippen molar-refractivity contribution in [3.8, 4) is 0 Å². The Bertz CT molecular complexity index is 291. The molecular formula is C21H38B2. The first-order valence-corrected chi connectivity index (χ1v) is 11.4. The molecule has 0 nitrogen and oxygen atoms in total. The van der Waals surface area contributed by atoms with E-state index < -0.39 is 0 Å². The van der Waals surface area contributed by atoms with E-state index in [1.807, 2.05) is 0 Å². The van der Waals surface area contributed by atoms with E-state index in [2.05, 4.69) is 0 Å². The first kappa shape index (κ1) is 16.6. The summed E-state index contributed by atoms with van der Waals surface area (Å²) in [5, 5.41) is 0. The summed E-state index contributed by atoms with van der Waals surface area (Å²) in [4.78, 5) is 0. The first-order valence-electron chi connectivity index (χ1n) is 11.4. The molecule has 0 aromatic heterocycles. The monoisotopic (exact) mass is 312 g/mol. The van der Waals surface area contributed by atoms with Crippen LogP contribution in [-0.4, -0.2) is 13.4 Å². The smallest absolute Gasteiger partial charge is 0.0737 e. The molecule has 4 aliphatic heterocycles. The standard InChI is InChI=1S/C21H38B2/c1(2-16-22-18-8-4-9-19(22)11-5-10-18)3-17-23-20-12-6-13-21(23)15-7-14-20/h18-21H,1-17H2. The van der Waals surface area contributed by atoms with E-state index >= 15 is 0 Å². The molecule has 0 spiro atoms. The van der Waals surface area contributed by atoms with Crippen molar-refractivity contribution in [2.45, 2.75) is 132 Å². The third-order valence-corrected chi connectivity index (χ3v) is 8.60. The van der Waals surface area contributed by atoms with Crippen LogP contribution in [0, 0.1) is 0 Å². The van der Waals surface area contributed by atoms with Crippen LogP contribution in [0.4, 0.5) is 0 Å². The van der Waals surface area contributed by atoms with Gasteiger partial charge in [0.1, 0.15) is 13.4 Å². The van der Waals surface area contributed by atoms with Crippen molar-refractivity contribution >= 4 is 13.4 Å². The highest BCUT2D eigenvalue weighted by Gasteiger charge is 2.39. The molecule has 4 rings (SSSR count). The van der Waals surface area contributed by atoms with Gasteiger partial charge in [-0.05, 0) is 0 Å². The molecule has 128 valence electrons. The third-order valence-electron chi connectivity index (χ3n) is 8.60. The van der Waals surface area contributed by atoms with Crippen molar-refractivity contribution in [2.24, 2.45) is 0 Å². The maximum atomic E-state index is 1.59. The Balaban J connectivity index is 1.16. The highest BCUT2D eigenvalue weighted by Crippen LogP contribution is 2.49. The van der Waals surface area contributed by atoms with Crippen LogP contribution >= 0.6 is 0 Å². The van der Waals surface area contributed by atoms with Gasteiger partial charge in [0.05, 0.1) is 0 Å². The van der Waals surface area contributed by atoms with Crippen LogP contribution in [0.15, 0.2) is 0 Å². The quantitative estimate of drug-likeness (QED) is 0.355. The van der Waals surface area contributed by atoms with E-state index in [1.54, 1.807) is 109 Å². The summed E-state index contributed by atoms with van der Waals surface area (Å²) in [6.45, 7) is 2.29. The summed E-state index contributed by atoms with van der Waals surface area (Å²) < 4.78 is 0. The van der Waals surface area contributed by atoms with Gasteiger partial charge in [0.15, 0.2) is 0 Å². The van der Waals surface area contributed by atoms with E-state index in [-0.39, 0.29) is 0 Å². The molecule has 23 heavy (non-hydrogen) atoms. The lowest BCUT2D eigenvalue weighted by molar-refractivity contribution is 0.437. The van der Waals surface area contributed by atoms with Gasteiger partial charge in [-0.1, -0.05) is 132 Å². The lowest BCUT2D eigenvalue weighted by Crippen LogP contribution is -2.34. The van der Waals surface area contributed by atoms with Crippen molar-refractivity contribution in [3.63, 3.8) is 0 Å². The zero-order valence-electron chi connectivity index (χ0n) is 15.5. The summed E-state index contributed by atoms with van der Waals surface area (Å²) in [5.41, 5.74) is 0. The molecule has 4 bridgehead atoms. The maximum Gasteiger partial charge on any atom is 0.146 e. The van der Waals surface area contributed by atoms with Crippen molar-refractivity contribution in [2.75, 3.05) is 0 Å². The Morgan fingerprint density at radius 3 is 1.04 bits per heavy atom. The molecule has 0 aliphatic carbocycles. The Morgan fingerprint density at radius 1 is 0.435 bits per heavy atom. The lowest BCUT2D eigenvalue weighted by Gasteiger charge is -2.41. The minimum atomic E-state index is 1.14. The van der Waals surface area contributed by atoms with E-state index in [4.69, 9.17) is 0 Å². The van der Waals surface area contributed by atoms with Crippen molar-refractivity contribution in [3.05, 3.63) is 0 Å². The summed E-state index contributed by atoms with van der Waals surface area (Å²) in [5.74, 6) is 4.56. The van der Waals surface area contributed by atoms with Gasteiger partial charge in [-0.3, -0.25) is 0 Å². The Labute approximate surface area is 146 Å². The van der Waals surface area contributed by atoms with E-state index in [9.17, 15) is 0 Å². The zero-order valence-corrected chi connectivity index (χ0v) is 15.5. The Morgan fingerprint density at radius 2 is 0.739 bits per heavy atom. The minimum Gasteiger partial charge on any atom is -0.0737 e. The molecular weight excluding hydrogens is 274 g/mol.